The van der Waals surface area contributed by atoms with E-state index in [1.807, 2.05) is 6.07 Å². The van der Waals surface area contributed by atoms with Gasteiger partial charge in [-0.25, -0.2) is 0 Å². The summed E-state index contributed by atoms with van der Waals surface area (Å²) in [6.07, 6.45) is 2.19. The molecule has 0 spiro atoms. The van der Waals surface area contributed by atoms with Crippen molar-refractivity contribution in [2.45, 2.75) is 40.5 Å². The van der Waals surface area contributed by atoms with E-state index in [2.05, 4.69) is 38.7 Å². The maximum Gasteiger partial charge on any atom is 0.186 e. The molecule has 18 heavy (non-hydrogen) atoms. The van der Waals surface area contributed by atoms with Gasteiger partial charge in [0.1, 0.15) is 0 Å². The molecule has 1 unspecified atom stereocenters. The number of likely N-dealkylation sites (N-methyl/N-ethyl adjacent to an activating group) is 1. The van der Waals surface area contributed by atoms with Crippen LogP contribution in [0.5, 0.6) is 0 Å². The van der Waals surface area contributed by atoms with Crippen LogP contribution < -0.4 is 0 Å². The van der Waals surface area contributed by atoms with E-state index in [-0.39, 0.29) is 5.78 Å². The van der Waals surface area contributed by atoms with Crippen molar-refractivity contribution in [3.05, 3.63) is 21.9 Å². The molecule has 0 radical (unpaired) electrons. The highest BCUT2D eigenvalue weighted by Gasteiger charge is 2.14. The summed E-state index contributed by atoms with van der Waals surface area (Å²) in [6, 6.07) is 4.05. The molecule has 1 atom stereocenters. The summed E-state index contributed by atoms with van der Waals surface area (Å²) in [5.41, 5.74) is 0. The van der Waals surface area contributed by atoms with Gasteiger partial charge in [0.25, 0.3) is 0 Å². The zero-order valence-electron chi connectivity index (χ0n) is 12.0. The quantitative estimate of drug-likeness (QED) is 0.667. The predicted molar refractivity (Wildman–Crippen MR) is 79.6 cm³/mol. The molecular weight excluding hydrogens is 242 g/mol. The maximum atomic E-state index is 12.2. The average molecular weight is 267 g/mol. The molecule has 0 bridgehead atoms. The van der Waals surface area contributed by atoms with Crippen LogP contribution in [0.4, 0.5) is 0 Å². The molecular formula is C15H25NOS. The predicted octanol–water partition coefficient (Wildman–Crippen LogP) is 3.86. The highest BCUT2D eigenvalue weighted by molar-refractivity contribution is 7.14. The first-order valence-corrected chi connectivity index (χ1v) is 7.76. The Morgan fingerprint density at radius 3 is 2.56 bits per heavy atom. The van der Waals surface area contributed by atoms with Gasteiger partial charge in [0.15, 0.2) is 5.78 Å². The standard InChI is InChI=1S/C15H25NOS/c1-5-12(4)10-16(7-3)11-14(17)15-9-8-13(6-2)18-15/h8-9,12H,5-7,10-11H2,1-4H3. The van der Waals surface area contributed by atoms with Crippen LogP contribution in [0.2, 0.25) is 0 Å². The fourth-order valence-corrected chi connectivity index (χ4v) is 2.75. The number of aryl methyl sites for hydroxylation is 1. The Morgan fingerprint density at radius 2 is 2.06 bits per heavy atom. The fraction of sp³-hybridized carbons (Fsp3) is 0.667. The third-order valence-electron chi connectivity index (χ3n) is 3.37. The largest absolute Gasteiger partial charge is 0.296 e. The van der Waals surface area contributed by atoms with E-state index in [9.17, 15) is 4.79 Å². The van der Waals surface area contributed by atoms with Crippen molar-refractivity contribution in [2.24, 2.45) is 5.92 Å². The van der Waals surface area contributed by atoms with E-state index in [1.54, 1.807) is 11.3 Å². The van der Waals surface area contributed by atoms with E-state index >= 15 is 0 Å². The second-order valence-corrected chi connectivity index (χ2v) is 6.05. The van der Waals surface area contributed by atoms with Crippen molar-refractivity contribution >= 4 is 17.1 Å². The minimum Gasteiger partial charge on any atom is -0.296 e. The Kier molecular flexibility index (Phi) is 6.58. The van der Waals surface area contributed by atoms with Crippen LogP contribution in [0.3, 0.4) is 0 Å². The Balaban J connectivity index is 2.56. The topological polar surface area (TPSA) is 20.3 Å². The molecule has 0 aromatic carbocycles. The number of hydrogen-bond acceptors (Lipinski definition) is 3. The van der Waals surface area contributed by atoms with Gasteiger partial charge in [-0.3, -0.25) is 9.69 Å². The number of Topliss-reactive ketones (excluding diaryl/α,β-unsaturated/α-hetero) is 1. The maximum absolute atomic E-state index is 12.2. The monoisotopic (exact) mass is 267 g/mol. The van der Waals surface area contributed by atoms with Crippen LogP contribution in [0, 0.1) is 5.92 Å². The second-order valence-electron chi connectivity index (χ2n) is 4.88. The third-order valence-corrected chi connectivity index (χ3v) is 4.64. The summed E-state index contributed by atoms with van der Waals surface area (Å²) in [5.74, 6) is 0.928. The molecule has 102 valence electrons. The Labute approximate surface area is 115 Å². The number of carbonyl (C=O) groups is 1. The molecule has 0 aliphatic rings. The Bertz CT molecular complexity index is 372. The first kappa shape index (κ1) is 15.4. The highest BCUT2D eigenvalue weighted by atomic mass is 32.1. The van der Waals surface area contributed by atoms with Gasteiger partial charge in [0, 0.05) is 11.4 Å². The van der Waals surface area contributed by atoms with E-state index in [4.69, 9.17) is 0 Å². The van der Waals surface area contributed by atoms with Gasteiger partial charge in [0.2, 0.25) is 0 Å². The molecule has 0 amide bonds. The summed E-state index contributed by atoms with van der Waals surface area (Å²) in [7, 11) is 0. The van der Waals surface area contributed by atoms with E-state index < -0.39 is 0 Å². The number of hydrogen-bond donors (Lipinski definition) is 0. The van der Waals surface area contributed by atoms with E-state index in [1.165, 1.54) is 11.3 Å². The van der Waals surface area contributed by atoms with Crippen molar-refractivity contribution in [1.29, 1.82) is 0 Å². The lowest BCUT2D eigenvalue weighted by Gasteiger charge is -2.22. The Hall–Kier alpha value is -0.670. The average Bonchev–Trinajstić information content (AvgIpc) is 2.86. The normalized spacial score (nSPS) is 12.9. The molecule has 1 aromatic heterocycles. The lowest BCUT2D eigenvalue weighted by Crippen LogP contribution is -2.33. The van der Waals surface area contributed by atoms with Gasteiger partial charge in [-0.2, -0.15) is 0 Å². The highest BCUT2D eigenvalue weighted by Crippen LogP contribution is 2.18. The van der Waals surface area contributed by atoms with Crippen LogP contribution in [0.1, 0.15) is 48.7 Å². The Morgan fingerprint density at radius 1 is 1.33 bits per heavy atom. The summed E-state index contributed by atoms with van der Waals surface area (Å²) in [4.78, 5) is 16.6. The summed E-state index contributed by atoms with van der Waals surface area (Å²) in [5, 5.41) is 0. The van der Waals surface area contributed by atoms with Crippen molar-refractivity contribution < 1.29 is 4.79 Å². The summed E-state index contributed by atoms with van der Waals surface area (Å²) >= 11 is 1.64. The summed E-state index contributed by atoms with van der Waals surface area (Å²) in [6.45, 7) is 11.2. The number of nitrogens with zero attached hydrogens (tertiary/aromatic N) is 1. The number of rotatable bonds is 8. The van der Waals surface area contributed by atoms with Gasteiger partial charge in [0.05, 0.1) is 11.4 Å². The molecule has 0 saturated carbocycles. The van der Waals surface area contributed by atoms with Crippen molar-refractivity contribution in [2.75, 3.05) is 19.6 Å². The zero-order chi connectivity index (χ0) is 13.5. The van der Waals surface area contributed by atoms with Gasteiger partial charge in [-0.05, 0) is 31.0 Å². The number of carbonyl (C=O) groups excluding carboxylic acids is 1. The van der Waals surface area contributed by atoms with Gasteiger partial charge >= 0.3 is 0 Å². The smallest absolute Gasteiger partial charge is 0.186 e. The third kappa shape index (κ3) is 4.54. The molecule has 3 heteroatoms. The van der Waals surface area contributed by atoms with E-state index in [0.717, 1.165) is 24.4 Å². The molecule has 1 aromatic rings. The van der Waals surface area contributed by atoms with Crippen molar-refractivity contribution in [3.63, 3.8) is 0 Å². The van der Waals surface area contributed by atoms with Crippen LogP contribution in [0.25, 0.3) is 0 Å². The zero-order valence-corrected chi connectivity index (χ0v) is 12.8. The minimum absolute atomic E-state index is 0.268. The van der Waals surface area contributed by atoms with Crippen LogP contribution in [-0.4, -0.2) is 30.3 Å². The second kappa shape index (κ2) is 7.70. The van der Waals surface area contributed by atoms with Gasteiger partial charge in [-0.15, -0.1) is 11.3 Å². The van der Waals surface area contributed by atoms with Crippen molar-refractivity contribution in [3.8, 4) is 0 Å². The van der Waals surface area contributed by atoms with E-state index in [0.29, 0.717) is 12.5 Å². The molecule has 0 saturated heterocycles. The lowest BCUT2D eigenvalue weighted by atomic mass is 10.1. The first-order chi connectivity index (χ1) is 8.60. The molecule has 1 rings (SSSR count). The van der Waals surface area contributed by atoms with Crippen LogP contribution >= 0.6 is 11.3 Å². The summed E-state index contributed by atoms with van der Waals surface area (Å²) < 4.78 is 0. The molecule has 2 nitrogen and oxygen atoms in total. The van der Waals surface area contributed by atoms with Gasteiger partial charge in [-0.1, -0.05) is 34.1 Å². The molecule has 0 N–H and O–H groups in total. The molecule has 0 fully saturated rings. The lowest BCUT2D eigenvalue weighted by molar-refractivity contribution is 0.0928. The number of thiophene rings is 1. The van der Waals surface area contributed by atoms with Crippen LogP contribution in [-0.2, 0) is 6.42 Å². The molecule has 0 aliphatic heterocycles. The number of ketones is 1. The van der Waals surface area contributed by atoms with Crippen LogP contribution in [0.15, 0.2) is 12.1 Å². The van der Waals surface area contributed by atoms with Crippen molar-refractivity contribution in [1.82, 2.24) is 4.90 Å². The molecule has 0 aliphatic carbocycles. The SMILES string of the molecule is CCc1ccc(C(=O)CN(CC)CC(C)CC)s1. The van der Waals surface area contributed by atoms with Gasteiger partial charge < -0.3 is 0 Å². The molecule has 1 heterocycles. The minimum atomic E-state index is 0.268. The first-order valence-electron chi connectivity index (χ1n) is 6.94. The fourth-order valence-electron chi connectivity index (χ4n) is 1.87.